The van der Waals surface area contributed by atoms with Gasteiger partial charge < -0.3 is 24.0 Å². The molecule has 1 aliphatic heterocycles. The number of amides is 1. The fourth-order valence-electron chi connectivity index (χ4n) is 3.40. The zero-order valence-corrected chi connectivity index (χ0v) is 19.0. The van der Waals surface area contributed by atoms with Gasteiger partial charge in [-0.05, 0) is 42.8 Å². The van der Waals surface area contributed by atoms with Crippen molar-refractivity contribution in [3.63, 3.8) is 0 Å². The minimum Gasteiger partial charge on any atom is -0.493 e. The lowest BCUT2D eigenvalue weighted by molar-refractivity contribution is -0.153. The molecule has 0 spiro atoms. The van der Waals surface area contributed by atoms with Crippen LogP contribution in [0.5, 0.6) is 11.5 Å². The van der Waals surface area contributed by atoms with Crippen molar-refractivity contribution in [2.45, 2.75) is 6.92 Å². The number of halogens is 1. The molecule has 0 radical (unpaired) electrons. The molecule has 2 aromatic rings. The van der Waals surface area contributed by atoms with Gasteiger partial charge >= 0.3 is 5.97 Å². The van der Waals surface area contributed by atoms with Crippen LogP contribution in [0.4, 0.5) is 5.69 Å². The molecule has 7 nitrogen and oxygen atoms in total. The predicted molar refractivity (Wildman–Crippen MR) is 124 cm³/mol. The van der Waals surface area contributed by atoms with Crippen LogP contribution in [0.2, 0.25) is 5.02 Å². The number of rotatable bonds is 8. The van der Waals surface area contributed by atoms with Crippen molar-refractivity contribution >= 4 is 35.2 Å². The normalized spacial score (nSPS) is 13.8. The Labute approximate surface area is 193 Å². The summed E-state index contributed by atoms with van der Waals surface area (Å²) in [5, 5.41) is 0.682. The summed E-state index contributed by atoms with van der Waals surface area (Å²) >= 11 is 6.06. The second-order valence-electron chi connectivity index (χ2n) is 7.21. The maximum Gasteiger partial charge on any atom is 0.344 e. The first kappa shape index (κ1) is 23.5. The quantitative estimate of drug-likeness (QED) is 0.562. The number of carbonyl (C=O) groups excluding carboxylic acids is 2. The molecule has 1 aliphatic rings. The Bertz CT molecular complexity index is 971. The zero-order valence-electron chi connectivity index (χ0n) is 18.3. The third-order valence-corrected chi connectivity index (χ3v) is 5.29. The van der Waals surface area contributed by atoms with Crippen molar-refractivity contribution in [3.8, 4) is 11.5 Å². The molecule has 1 heterocycles. The Morgan fingerprint density at radius 1 is 1.03 bits per heavy atom. The number of esters is 1. The predicted octanol–water partition coefficient (Wildman–Crippen LogP) is 3.65. The Kier molecular flexibility index (Phi) is 8.39. The summed E-state index contributed by atoms with van der Waals surface area (Å²) in [6, 6.07) is 13.0. The highest BCUT2D eigenvalue weighted by Crippen LogP contribution is 2.28. The smallest absolute Gasteiger partial charge is 0.344 e. The summed E-state index contributed by atoms with van der Waals surface area (Å²) in [7, 11) is 1.53. The number of anilines is 1. The first-order valence-corrected chi connectivity index (χ1v) is 10.8. The third kappa shape index (κ3) is 6.40. The molecule has 2 aromatic carbocycles. The molecule has 0 N–H and O–H groups in total. The summed E-state index contributed by atoms with van der Waals surface area (Å²) in [6.45, 7) is 3.78. The molecular weight excluding hydrogens is 432 g/mol. The molecule has 0 unspecified atom stereocenters. The van der Waals surface area contributed by atoms with Gasteiger partial charge in [0.25, 0.3) is 5.91 Å². The van der Waals surface area contributed by atoms with E-state index in [1.807, 2.05) is 55.5 Å². The Morgan fingerprint density at radius 3 is 2.50 bits per heavy atom. The van der Waals surface area contributed by atoms with E-state index in [2.05, 4.69) is 4.90 Å². The number of nitrogens with zero attached hydrogens (tertiary/aromatic N) is 2. The van der Waals surface area contributed by atoms with Crippen molar-refractivity contribution in [1.29, 1.82) is 0 Å². The number of allylic oxidation sites excluding steroid dienone is 1. The van der Waals surface area contributed by atoms with E-state index >= 15 is 0 Å². The van der Waals surface area contributed by atoms with Gasteiger partial charge in [-0.1, -0.05) is 35.9 Å². The van der Waals surface area contributed by atoms with Crippen LogP contribution in [0.15, 0.2) is 48.5 Å². The van der Waals surface area contributed by atoms with Gasteiger partial charge in [-0.25, -0.2) is 4.79 Å². The Hall–Kier alpha value is -3.19. The van der Waals surface area contributed by atoms with Crippen LogP contribution in [0.1, 0.15) is 12.5 Å². The molecule has 0 bridgehead atoms. The Morgan fingerprint density at radius 2 is 1.81 bits per heavy atom. The summed E-state index contributed by atoms with van der Waals surface area (Å²) in [6.07, 6.45) is 3.85. The van der Waals surface area contributed by atoms with Crippen LogP contribution in [-0.4, -0.2) is 63.3 Å². The minimum absolute atomic E-state index is 0.225. The second kappa shape index (κ2) is 11.4. The van der Waals surface area contributed by atoms with Crippen LogP contribution in [0.25, 0.3) is 6.08 Å². The van der Waals surface area contributed by atoms with Crippen molar-refractivity contribution in [3.05, 3.63) is 59.1 Å². The summed E-state index contributed by atoms with van der Waals surface area (Å²) in [5.41, 5.74) is 1.99. The molecule has 0 aromatic heterocycles. The van der Waals surface area contributed by atoms with Crippen molar-refractivity contribution in [1.82, 2.24) is 4.90 Å². The summed E-state index contributed by atoms with van der Waals surface area (Å²) < 4.78 is 15.9. The number of hydrogen-bond donors (Lipinski definition) is 0. The first-order valence-electron chi connectivity index (χ1n) is 10.4. The van der Waals surface area contributed by atoms with E-state index in [9.17, 15) is 9.59 Å². The lowest BCUT2D eigenvalue weighted by atomic mass is 10.2. The molecular formula is C24H27ClN2O5. The van der Waals surface area contributed by atoms with Gasteiger partial charge in [0.05, 0.1) is 7.11 Å². The number of hydrogen-bond acceptors (Lipinski definition) is 6. The van der Waals surface area contributed by atoms with Gasteiger partial charge in [0, 0.05) is 36.9 Å². The van der Waals surface area contributed by atoms with Crippen LogP contribution < -0.4 is 14.4 Å². The molecule has 1 fully saturated rings. The highest BCUT2D eigenvalue weighted by molar-refractivity contribution is 6.30. The van der Waals surface area contributed by atoms with E-state index in [4.69, 9.17) is 25.8 Å². The summed E-state index contributed by atoms with van der Waals surface area (Å²) in [4.78, 5) is 28.3. The maximum atomic E-state index is 12.4. The minimum atomic E-state index is -0.615. The van der Waals surface area contributed by atoms with Crippen LogP contribution in [-0.2, 0) is 14.3 Å². The van der Waals surface area contributed by atoms with Crippen molar-refractivity contribution < 1.29 is 23.8 Å². The standard InChI is InChI=1S/C24H27ClN2O5/c1-3-5-18-8-9-21(22(14-18)30-2)31-17-24(29)32-16-23(28)27-12-10-26(11-13-27)20-7-4-6-19(25)15-20/h3-9,14-15H,10-13,16-17H2,1-2H3/b5-3+. The largest absolute Gasteiger partial charge is 0.493 e. The maximum absolute atomic E-state index is 12.4. The number of carbonyl (C=O) groups is 2. The molecule has 0 aliphatic carbocycles. The van der Waals surface area contributed by atoms with Crippen LogP contribution in [0, 0.1) is 0 Å². The second-order valence-corrected chi connectivity index (χ2v) is 7.64. The van der Waals surface area contributed by atoms with Gasteiger partial charge in [-0.2, -0.15) is 0 Å². The van der Waals surface area contributed by atoms with E-state index in [0.717, 1.165) is 11.3 Å². The number of methoxy groups -OCH3 is 1. The fourth-order valence-corrected chi connectivity index (χ4v) is 3.58. The molecule has 32 heavy (non-hydrogen) atoms. The van der Waals surface area contributed by atoms with Gasteiger partial charge in [0.15, 0.2) is 24.7 Å². The molecule has 1 amide bonds. The molecule has 0 saturated carbocycles. The molecule has 3 rings (SSSR count). The summed E-state index contributed by atoms with van der Waals surface area (Å²) in [5.74, 6) is 0.107. The number of benzene rings is 2. The highest BCUT2D eigenvalue weighted by atomic mass is 35.5. The highest BCUT2D eigenvalue weighted by Gasteiger charge is 2.22. The van der Waals surface area contributed by atoms with Crippen LogP contribution >= 0.6 is 11.6 Å². The monoisotopic (exact) mass is 458 g/mol. The fraction of sp³-hybridized carbons (Fsp3) is 0.333. The third-order valence-electron chi connectivity index (χ3n) is 5.05. The van der Waals surface area contributed by atoms with Crippen molar-refractivity contribution in [2.24, 2.45) is 0 Å². The zero-order chi connectivity index (χ0) is 22.9. The average Bonchev–Trinajstić information content (AvgIpc) is 2.82. The lowest BCUT2D eigenvalue weighted by Crippen LogP contribution is -2.50. The van der Waals surface area contributed by atoms with E-state index in [1.54, 1.807) is 11.0 Å². The van der Waals surface area contributed by atoms with E-state index in [0.29, 0.717) is 42.7 Å². The number of piperazine rings is 1. The van der Waals surface area contributed by atoms with E-state index in [1.165, 1.54) is 7.11 Å². The lowest BCUT2D eigenvalue weighted by Gasteiger charge is -2.36. The molecule has 1 saturated heterocycles. The van der Waals surface area contributed by atoms with Gasteiger partial charge in [0.2, 0.25) is 0 Å². The molecule has 8 heteroatoms. The van der Waals surface area contributed by atoms with Crippen LogP contribution in [0.3, 0.4) is 0 Å². The average molecular weight is 459 g/mol. The van der Waals surface area contributed by atoms with Gasteiger partial charge in [0.1, 0.15) is 0 Å². The number of ether oxygens (including phenoxy) is 3. The van der Waals surface area contributed by atoms with Crippen molar-refractivity contribution in [2.75, 3.05) is 51.4 Å². The van der Waals surface area contributed by atoms with Gasteiger partial charge in [-0.3, -0.25) is 4.79 Å². The Balaban J connectivity index is 1.42. The van der Waals surface area contributed by atoms with Gasteiger partial charge in [-0.15, -0.1) is 0 Å². The molecule has 170 valence electrons. The topological polar surface area (TPSA) is 68.3 Å². The first-order chi connectivity index (χ1) is 15.5. The van der Waals surface area contributed by atoms with E-state index in [-0.39, 0.29) is 19.1 Å². The molecule has 0 atom stereocenters. The SMILES string of the molecule is C/C=C/c1ccc(OCC(=O)OCC(=O)N2CCN(c3cccc(Cl)c3)CC2)c(OC)c1. The van der Waals surface area contributed by atoms with E-state index < -0.39 is 5.97 Å².